The lowest BCUT2D eigenvalue weighted by Crippen LogP contribution is -2.06. The Morgan fingerprint density at radius 3 is 2.64 bits per heavy atom. The Kier molecular flexibility index (Phi) is 2.83. The zero-order valence-corrected chi connectivity index (χ0v) is 7.27. The van der Waals surface area contributed by atoms with Crippen molar-refractivity contribution in [2.75, 3.05) is 5.73 Å². The molecule has 2 N–H and O–H groups in total. The maximum atomic E-state index is 11.8. The van der Waals surface area contributed by atoms with Crippen LogP contribution in [0, 0.1) is 0 Å². The fraction of sp³-hybridized carbons (Fsp3) is 0.375. The summed E-state index contributed by atoms with van der Waals surface area (Å²) in [5.41, 5.74) is 5.74. The summed E-state index contributed by atoms with van der Waals surface area (Å²) in [5, 5.41) is 3.45. The topological polar surface area (TPSA) is 52.0 Å². The standard InChI is InChI=1S/C8H9F3N2O/c1-5(2-3-8(9,10)11)6-4-7(12)14-13-6/h4H,1-3,12H2. The van der Waals surface area contributed by atoms with Gasteiger partial charge in [-0.15, -0.1) is 0 Å². The molecule has 0 saturated heterocycles. The van der Waals surface area contributed by atoms with Gasteiger partial charge in [0.25, 0.3) is 0 Å². The maximum Gasteiger partial charge on any atom is 0.389 e. The highest BCUT2D eigenvalue weighted by Crippen LogP contribution is 2.27. The SMILES string of the molecule is C=C(CCC(F)(F)F)c1cc(N)on1. The van der Waals surface area contributed by atoms with Gasteiger partial charge >= 0.3 is 6.18 Å². The molecule has 0 saturated carbocycles. The maximum absolute atomic E-state index is 11.8. The molecule has 1 aromatic heterocycles. The first-order valence-electron chi connectivity index (χ1n) is 3.85. The van der Waals surface area contributed by atoms with E-state index < -0.39 is 12.6 Å². The third-order valence-electron chi connectivity index (χ3n) is 1.60. The van der Waals surface area contributed by atoms with E-state index >= 15 is 0 Å². The monoisotopic (exact) mass is 206 g/mol. The van der Waals surface area contributed by atoms with Crippen LogP contribution in [0.1, 0.15) is 18.5 Å². The van der Waals surface area contributed by atoms with Gasteiger partial charge in [0, 0.05) is 12.5 Å². The van der Waals surface area contributed by atoms with Crippen LogP contribution in [0.5, 0.6) is 0 Å². The number of aromatic nitrogens is 1. The largest absolute Gasteiger partial charge is 0.389 e. The second-order valence-corrected chi connectivity index (χ2v) is 2.83. The van der Waals surface area contributed by atoms with Crippen LogP contribution >= 0.6 is 0 Å². The van der Waals surface area contributed by atoms with E-state index in [9.17, 15) is 13.2 Å². The van der Waals surface area contributed by atoms with Crippen molar-refractivity contribution in [3.05, 3.63) is 18.3 Å². The molecule has 0 aliphatic heterocycles. The Hall–Kier alpha value is -1.46. The highest BCUT2D eigenvalue weighted by molar-refractivity contribution is 5.61. The van der Waals surface area contributed by atoms with Crippen LogP contribution in [0.25, 0.3) is 5.57 Å². The fourth-order valence-electron chi connectivity index (χ4n) is 0.877. The molecule has 1 heterocycles. The first-order valence-corrected chi connectivity index (χ1v) is 3.85. The van der Waals surface area contributed by atoms with Gasteiger partial charge in [0.05, 0.1) is 0 Å². The number of anilines is 1. The molecule has 0 spiro atoms. The van der Waals surface area contributed by atoms with Gasteiger partial charge in [-0.05, 0) is 12.0 Å². The molecule has 14 heavy (non-hydrogen) atoms. The third kappa shape index (κ3) is 3.12. The van der Waals surface area contributed by atoms with Crippen molar-refractivity contribution in [1.29, 1.82) is 0 Å². The molecule has 1 aromatic rings. The number of hydrogen-bond donors (Lipinski definition) is 1. The van der Waals surface area contributed by atoms with Gasteiger partial charge in [-0.25, -0.2) is 0 Å². The minimum atomic E-state index is -4.18. The van der Waals surface area contributed by atoms with E-state index in [0.717, 1.165) is 0 Å². The zero-order valence-electron chi connectivity index (χ0n) is 7.27. The zero-order chi connectivity index (χ0) is 10.8. The third-order valence-corrected chi connectivity index (χ3v) is 1.60. The van der Waals surface area contributed by atoms with Crippen LogP contribution < -0.4 is 5.73 Å². The summed E-state index contributed by atoms with van der Waals surface area (Å²) >= 11 is 0. The molecular formula is C8H9F3N2O. The molecule has 78 valence electrons. The first kappa shape index (κ1) is 10.6. The molecule has 0 radical (unpaired) electrons. The Labute approximate surface area is 78.4 Å². The summed E-state index contributed by atoms with van der Waals surface area (Å²) < 4.78 is 40.0. The second-order valence-electron chi connectivity index (χ2n) is 2.83. The van der Waals surface area contributed by atoms with Crippen molar-refractivity contribution in [2.45, 2.75) is 19.0 Å². The lowest BCUT2D eigenvalue weighted by Gasteiger charge is -2.05. The van der Waals surface area contributed by atoms with E-state index in [4.69, 9.17) is 5.73 Å². The number of alkyl halides is 3. The van der Waals surface area contributed by atoms with E-state index in [1.54, 1.807) is 0 Å². The molecule has 0 fully saturated rings. The number of nitrogens with two attached hydrogens (primary N) is 1. The molecule has 6 heteroatoms. The Morgan fingerprint density at radius 1 is 1.57 bits per heavy atom. The first-order chi connectivity index (χ1) is 6.38. The molecule has 0 bridgehead atoms. The predicted octanol–water partition coefficient (Wildman–Crippen LogP) is 2.61. The van der Waals surface area contributed by atoms with E-state index in [-0.39, 0.29) is 23.6 Å². The van der Waals surface area contributed by atoms with Gasteiger partial charge in [-0.2, -0.15) is 13.2 Å². The number of nitrogen functional groups attached to an aromatic ring is 1. The highest BCUT2D eigenvalue weighted by Gasteiger charge is 2.27. The van der Waals surface area contributed by atoms with Crippen molar-refractivity contribution >= 4 is 11.5 Å². The Morgan fingerprint density at radius 2 is 2.21 bits per heavy atom. The van der Waals surface area contributed by atoms with Gasteiger partial charge < -0.3 is 10.3 Å². The van der Waals surface area contributed by atoms with Crippen molar-refractivity contribution in [3.63, 3.8) is 0 Å². The molecule has 1 rings (SSSR count). The summed E-state index contributed by atoms with van der Waals surface area (Å²) in [7, 11) is 0. The van der Waals surface area contributed by atoms with Crippen molar-refractivity contribution in [3.8, 4) is 0 Å². The molecule has 0 aliphatic carbocycles. The van der Waals surface area contributed by atoms with E-state index in [1.165, 1.54) is 6.07 Å². The molecule has 0 atom stereocenters. The summed E-state index contributed by atoms with van der Waals surface area (Å²) in [4.78, 5) is 0. The normalized spacial score (nSPS) is 11.6. The Bertz CT molecular complexity index is 330. The van der Waals surface area contributed by atoms with Crippen LogP contribution in [-0.2, 0) is 0 Å². The highest BCUT2D eigenvalue weighted by atomic mass is 19.4. The number of allylic oxidation sites excluding steroid dienone is 1. The van der Waals surface area contributed by atoms with Crippen LogP contribution in [0.4, 0.5) is 19.1 Å². The van der Waals surface area contributed by atoms with E-state index in [2.05, 4.69) is 16.3 Å². The summed E-state index contributed by atoms with van der Waals surface area (Å²) in [5.74, 6) is 0.0631. The van der Waals surface area contributed by atoms with Crippen LogP contribution in [0.2, 0.25) is 0 Å². The summed E-state index contributed by atoms with van der Waals surface area (Å²) in [6, 6.07) is 1.35. The number of halogens is 3. The lowest BCUT2D eigenvalue weighted by atomic mass is 10.1. The van der Waals surface area contributed by atoms with Crippen LogP contribution in [0.15, 0.2) is 17.2 Å². The van der Waals surface area contributed by atoms with Gasteiger partial charge in [0.1, 0.15) is 5.69 Å². The van der Waals surface area contributed by atoms with Gasteiger partial charge in [-0.1, -0.05) is 11.7 Å². The molecule has 0 aromatic carbocycles. The molecular weight excluding hydrogens is 197 g/mol. The van der Waals surface area contributed by atoms with Crippen molar-refractivity contribution in [2.24, 2.45) is 0 Å². The van der Waals surface area contributed by atoms with Gasteiger partial charge in [-0.3, -0.25) is 0 Å². The molecule has 0 amide bonds. The predicted molar refractivity (Wildman–Crippen MR) is 45.2 cm³/mol. The minimum absolute atomic E-state index is 0.0631. The number of nitrogens with zero attached hydrogens (tertiary/aromatic N) is 1. The Balaban J connectivity index is 2.52. The average Bonchev–Trinajstić information content (AvgIpc) is 2.46. The fourth-order valence-corrected chi connectivity index (χ4v) is 0.877. The van der Waals surface area contributed by atoms with Crippen LogP contribution in [0.3, 0.4) is 0 Å². The second kappa shape index (κ2) is 3.73. The summed E-state index contributed by atoms with van der Waals surface area (Å²) in [6.45, 7) is 3.46. The number of hydrogen-bond acceptors (Lipinski definition) is 3. The van der Waals surface area contributed by atoms with Crippen LogP contribution in [-0.4, -0.2) is 11.3 Å². The van der Waals surface area contributed by atoms with E-state index in [1.807, 2.05) is 0 Å². The van der Waals surface area contributed by atoms with E-state index in [0.29, 0.717) is 0 Å². The molecule has 0 unspecified atom stereocenters. The molecule has 3 nitrogen and oxygen atoms in total. The summed E-state index contributed by atoms with van der Waals surface area (Å²) in [6.07, 6.45) is -5.30. The smallest absolute Gasteiger partial charge is 0.368 e. The van der Waals surface area contributed by atoms with Crippen molar-refractivity contribution < 1.29 is 17.7 Å². The average molecular weight is 206 g/mol. The van der Waals surface area contributed by atoms with Gasteiger partial charge in [0.15, 0.2) is 0 Å². The lowest BCUT2D eigenvalue weighted by molar-refractivity contribution is -0.133. The minimum Gasteiger partial charge on any atom is -0.368 e. The van der Waals surface area contributed by atoms with Gasteiger partial charge in [0.2, 0.25) is 5.88 Å². The van der Waals surface area contributed by atoms with Crippen molar-refractivity contribution in [1.82, 2.24) is 5.16 Å². The number of rotatable bonds is 3. The quantitative estimate of drug-likeness (QED) is 0.826. The molecule has 0 aliphatic rings.